The predicted octanol–water partition coefficient (Wildman–Crippen LogP) is 3.77. The topological polar surface area (TPSA) is 63.0 Å². The van der Waals surface area contributed by atoms with Gasteiger partial charge in [0.2, 0.25) is 0 Å². The molecule has 2 unspecified atom stereocenters. The zero-order valence-electron chi connectivity index (χ0n) is 12.0. The first-order valence-corrected chi connectivity index (χ1v) is 7.21. The van der Waals surface area contributed by atoms with Crippen molar-refractivity contribution in [3.8, 4) is 0 Å². The average Bonchev–Trinajstić information content (AvgIpc) is 2.62. The second-order valence-electron chi connectivity index (χ2n) is 5.72. The van der Waals surface area contributed by atoms with Gasteiger partial charge in [-0.15, -0.1) is 0 Å². The van der Waals surface area contributed by atoms with E-state index in [1.165, 1.54) is 6.42 Å². The van der Waals surface area contributed by atoms with Gasteiger partial charge in [0, 0.05) is 6.04 Å². The average molecular weight is 302 g/mol. The Kier molecular flexibility index (Phi) is 4.92. The molecule has 1 fully saturated rings. The molecular formula is C14H21F3N4. The summed E-state index contributed by atoms with van der Waals surface area (Å²) in [4.78, 5) is 4.06. The fourth-order valence-electron chi connectivity index (χ4n) is 2.68. The third kappa shape index (κ3) is 4.49. The van der Waals surface area contributed by atoms with Gasteiger partial charge in [0.25, 0.3) is 0 Å². The van der Waals surface area contributed by atoms with Crippen LogP contribution < -0.4 is 16.6 Å². The highest BCUT2D eigenvalue weighted by molar-refractivity contribution is 5.49. The number of nitrogens with one attached hydrogen (secondary N) is 2. The summed E-state index contributed by atoms with van der Waals surface area (Å²) in [6, 6.07) is 2.10. The number of hydrazine groups is 1. The van der Waals surface area contributed by atoms with E-state index in [1.807, 2.05) is 0 Å². The molecule has 2 atom stereocenters. The zero-order valence-corrected chi connectivity index (χ0v) is 12.0. The van der Waals surface area contributed by atoms with E-state index >= 15 is 0 Å². The monoisotopic (exact) mass is 302 g/mol. The van der Waals surface area contributed by atoms with Crippen LogP contribution in [0.15, 0.2) is 12.1 Å². The molecule has 0 saturated heterocycles. The number of rotatable bonds is 3. The van der Waals surface area contributed by atoms with E-state index in [9.17, 15) is 13.2 Å². The van der Waals surface area contributed by atoms with E-state index in [0.29, 0.717) is 5.92 Å². The van der Waals surface area contributed by atoms with Crippen LogP contribution in [0.2, 0.25) is 0 Å². The molecule has 0 amide bonds. The lowest BCUT2D eigenvalue weighted by Crippen LogP contribution is -2.21. The molecule has 0 bridgehead atoms. The molecule has 0 aliphatic heterocycles. The van der Waals surface area contributed by atoms with E-state index in [2.05, 4.69) is 22.7 Å². The van der Waals surface area contributed by atoms with Crippen LogP contribution >= 0.6 is 0 Å². The number of pyridine rings is 1. The molecule has 7 heteroatoms. The minimum Gasteiger partial charge on any atom is -0.367 e. The molecular weight excluding hydrogens is 281 g/mol. The van der Waals surface area contributed by atoms with Crippen LogP contribution in [-0.4, -0.2) is 11.0 Å². The van der Waals surface area contributed by atoms with Crippen LogP contribution in [0.5, 0.6) is 0 Å². The third-order valence-electron chi connectivity index (χ3n) is 3.91. The van der Waals surface area contributed by atoms with Crippen LogP contribution in [0, 0.1) is 5.92 Å². The summed E-state index contributed by atoms with van der Waals surface area (Å²) < 4.78 is 38.6. The Morgan fingerprint density at radius 2 is 1.86 bits per heavy atom. The Morgan fingerprint density at radius 1 is 1.14 bits per heavy atom. The van der Waals surface area contributed by atoms with E-state index in [-0.39, 0.29) is 17.7 Å². The normalized spacial score (nSPS) is 23.5. The summed E-state index contributed by atoms with van der Waals surface area (Å²) in [6.45, 7) is 2.21. The summed E-state index contributed by atoms with van der Waals surface area (Å²) in [7, 11) is 0. The van der Waals surface area contributed by atoms with Gasteiger partial charge in [0.1, 0.15) is 11.6 Å². The maximum absolute atomic E-state index is 12.9. The lowest BCUT2D eigenvalue weighted by molar-refractivity contribution is -0.137. The molecule has 2 rings (SSSR count). The molecule has 1 aromatic rings. The first kappa shape index (κ1) is 15.9. The highest BCUT2D eigenvalue weighted by Gasteiger charge is 2.32. The molecule has 0 spiro atoms. The van der Waals surface area contributed by atoms with Crippen LogP contribution in [0.1, 0.15) is 44.6 Å². The van der Waals surface area contributed by atoms with Crippen LogP contribution in [0.4, 0.5) is 24.8 Å². The molecule has 4 N–H and O–H groups in total. The third-order valence-corrected chi connectivity index (χ3v) is 3.91. The van der Waals surface area contributed by atoms with E-state index in [4.69, 9.17) is 5.84 Å². The van der Waals surface area contributed by atoms with Crippen LogP contribution in [0.3, 0.4) is 0 Å². The molecule has 118 valence electrons. The van der Waals surface area contributed by atoms with Gasteiger partial charge in [-0.05, 0) is 37.3 Å². The summed E-state index contributed by atoms with van der Waals surface area (Å²) in [5.41, 5.74) is 1.43. The molecule has 0 aromatic carbocycles. The Balaban J connectivity index is 2.15. The minimum absolute atomic E-state index is 0.00862. The van der Waals surface area contributed by atoms with E-state index in [0.717, 1.165) is 37.8 Å². The van der Waals surface area contributed by atoms with Crippen LogP contribution in [0.25, 0.3) is 0 Å². The van der Waals surface area contributed by atoms with Crippen molar-refractivity contribution in [2.75, 3.05) is 10.7 Å². The van der Waals surface area contributed by atoms with Crippen molar-refractivity contribution in [1.29, 1.82) is 0 Å². The number of hydrogen-bond acceptors (Lipinski definition) is 4. The molecule has 4 nitrogen and oxygen atoms in total. The Labute approximate surface area is 122 Å². The number of halogens is 3. The zero-order chi connectivity index (χ0) is 15.5. The molecule has 1 aliphatic rings. The summed E-state index contributed by atoms with van der Waals surface area (Å²) in [5, 5.41) is 3.12. The summed E-state index contributed by atoms with van der Waals surface area (Å²) >= 11 is 0. The van der Waals surface area contributed by atoms with Gasteiger partial charge < -0.3 is 10.7 Å². The predicted molar refractivity (Wildman–Crippen MR) is 76.7 cm³/mol. The van der Waals surface area contributed by atoms with Gasteiger partial charge in [0.15, 0.2) is 0 Å². The fraction of sp³-hybridized carbons (Fsp3) is 0.643. The molecule has 21 heavy (non-hydrogen) atoms. The first-order chi connectivity index (χ1) is 9.88. The van der Waals surface area contributed by atoms with Crippen molar-refractivity contribution >= 4 is 11.6 Å². The first-order valence-electron chi connectivity index (χ1n) is 7.21. The lowest BCUT2D eigenvalue weighted by atomic mass is 10.0. The standard InChI is InChI=1S/C14H21F3N4/c1-9-3-2-4-11(6-5-9)19-12-7-10(14(15,16)17)8-13(20-12)21-18/h7-9,11H,2-6,18H2,1H3,(H2,19,20,21). The van der Waals surface area contributed by atoms with Crippen molar-refractivity contribution in [3.05, 3.63) is 17.7 Å². The van der Waals surface area contributed by atoms with Crippen molar-refractivity contribution in [2.45, 2.75) is 51.2 Å². The fourth-order valence-corrected chi connectivity index (χ4v) is 2.68. The van der Waals surface area contributed by atoms with Crippen molar-refractivity contribution in [1.82, 2.24) is 4.98 Å². The van der Waals surface area contributed by atoms with Gasteiger partial charge in [-0.1, -0.05) is 19.8 Å². The number of nitrogens with zero attached hydrogens (tertiary/aromatic N) is 1. The molecule has 1 aromatic heterocycles. The largest absolute Gasteiger partial charge is 0.416 e. The minimum atomic E-state index is -4.41. The second-order valence-corrected chi connectivity index (χ2v) is 5.72. The number of aromatic nitrogens is 1. The maximum Gasteiger partial charge on any atom is 0.416 e. The summed E-state index contributed by atoms with van der Waals surface area (Å²) in [5.74, 6) is 6.10. The second kappa shape index (κ2) is 6.51. The molecule has 1 saturated carbocycles. The molecule has 1 heterocycles. The van der Waals surface area contributed by atoms with Crippen molar-refractivity contribution < 1.29 is 13.2 Å². The quantitative estimate of drug-likeness (QED) is 0.452. The Morgan fingerprint density at radius 3 is 2.52 bits per heavy atom. The number of nitrogens with two attached hydrogens (primary N) is 1. The maximum atomic E-state index is 12.9. The van der Waals surface area contributed by atoms with Gasteiger partial charge in [-0.25, -0.2) is 10.8 Å². The lowest BCUT2D eigenvalue weighted by Gasteiger charge is -2.19. The summed E-state index contributed by atoms with van der Waals surface area (Å²) in [6.07, 6.45) is 0.823. The number of anilines is 2. The van der Waals surface area contributed by atoms with Gasteiger partial charge in [0.05, 0.1) is 5.56 Å². The van der Waals surface area contributed by atoms with Crippen molar-refractivity contribution in [2.24, 2.45) is 11.8 Å². The van der Waals surface area contributed by atoms with Gasteiger partial charge in [-0.3, -0.25) is 0 Å². The highest BCUT2D eigenvalue weighted by atomic mass is 19.4. The van der Waals surface area contributed by atoms with E-state index in [1.54, 1.807) is 0 Å². The van der Waals surface area contributed by atoms with Crippen LogP contribution in [-0.2, 0) is 6.18 Å². The smallest absolute Gasteiger partial charge is 0.367 e. The Bertz CT molecular complexity index is 476. The number of hydrogen-bond donors (Lipinski definition) is 3. The number of nitrogen functional groups attached to an aromatic ring is 1. The highest BCUT2D eigenvalue weighted by Crippen LogP contribution is 2.32. The van der Waals surface area contributed by atoms with Crippen molar-refractivity contribution in [3.63, 3.8) is 0 Å². The van der Waals surface area contributed by atoms with Gasteiger partial charge >= 0.3 is 6.18 Å². The molecule has 0 radical (unpaired) electrons. The SMILES string of the molecule is CC1CCCC(Nc2cc(C(F)(F)F)cc(NN)n2)CC1. The Hall–Kier alpha value is -1.50. The van der Waals surface area contributed by atoms with Gasteiger partial charge in [-0.2, -0.15) is 13.2 Å². The number of alkyl halides is 3. The van der Waals surface area contributed by atoms with E-state index < -0.39 is 11.7 Å². The molecule has 1 aliphatic carbocycles.